The number of aromatic nitrogens is 2. The number of thiocarbonyl (C=S) groups is 1. The van der Waals surface area contributed by atoms with Crippen LogP contribution in [0.3, 0.4) is 0 Å². The van der Waals surface area contributed by atoms with Gasteiger partial charge >= 0.3 is 0 Å². The van der Waals surface area contributed by atoms with Crippen LogP contribution in [0.15, 0.2) is 72.9 Å². The lowest BCUT2D eigenvalue weighted by molar-refractivity contribution is 0.394. The summed E-state index contributed by atoms with van der Waals surface area (Å²) < 4.78 is 13.4. The van der Waals surface area contributed by atoms with E-state index in [-0.39, 0.29) is 12.1 Å². The SMILES string of the molecule is COc1ccc(N2C(=S)N[C@H](c3ccccn3)[C@@H]2c2cc(C)n(-c3ccc(Cl)cc3)c2C)c(OC)c1. The van der Waals surface area contributed by atoms with Gasteiger partial charge < -0.3 is 24.3 Å². The quantitative estimate of drug-likeness (QED) is 0.301. The summed E-state index contributed by atoms with van der Waals surface area (Å²) in [5.74, 6) is 1.39. The molecule has 5 rings (SSSR count). The van der Waals surface area contributed by atoms with E-state index in [0.29, 0.717) is 21.6 Å². The van der Waals surface area contributed by atoms with E-state index in [0.717, 1.165) is 34.0 Å². The van der Waals surface area contributed by atoms with Crippen LogP contribution < -0.4 is 19.7 Å². The summed E-state index contributed by atoms with van der Waals surface area (Å²) in [6.07, 6.45) is 1.81. The molecule has 1 fully saturated rings. The zero-order valence-corrected chi connectivity index (χ0v) is 22.1. The Morgan fingerprint density at radius 2 is 1.75 bits per heavy atom. The van der Waals surface area contributed by atoms with Gasteiger partial charge in [-0.1, -0.05) is 17.7 Å². The van der Waals surface area contributed by atoms with Crippen LogP contribution in [0, 0.1) is 13.8 Å². The molecule has 2 aromatic carbocycles. The smallest absolute Gasteiger partial charge is 0.174 e. The lowest BCUT2D eigenvalue weighted by atomic mass is 9.96. The first-order valence-corrected chi connectivity index (χ1v) is 12.4. The summed E-state index contributed by atoms with van der Waals surface area (Å²) in [5.41, 5.74) is 6.20. The molecule has 1 aliphatic rings. The second-order valence-electron chi connectivity index (χ2n) is 8.67. The summed E-state index contributed by atoms with van der Waals surface area (Å²) in [4.78, 5) is 6.80. The Kier molecular flexibility index (Phi) is 6.60. The van der Waals surface area contributed by atoms with E-state index in [4.69, 9.17) is 33.3 Å². The molecule has 36 heavy (non-hydrogen) atoms. The summed E-state index contributed by atoms with van der Waals surface area (Å²) in [6.45, 7) is 4.25. The average Bonchev–Trinajstić information content (AvgIpc) is 3.39. The molecule has 2 atom stereocenters. The molecule has 0 radical (unpaired) electrons. The van der Waals surface area contributed by atoms with Crippen molar-refractivity contribution in [2.24, 2.45) is 0 Å². The van der Waals surface area contributed by atoms with Crippen LogP contribution in [-0.4, -0.2) is 28.9 Å². The summed E-state index contributed by atoms with van der Waals surface area (Å²) >= 11 is 12.1. The van der Waals surface area contributed by atoms with Crippen molar-refractivity contribution >= 4 is 34.6 Å². The molecular weight excluding hydrogens is 492 g/mol. The van der Waals surface area contributed by atoms with E-state index in [1.54, 1.807) is 14.2 Å². The van der Waals surface area contributed by atoms with Gasteiger partial charge in [0, 0.05) is 34.4 Å². The number of halogens is 1. The van der Waals surface area contributed by atoms with E-state index in [2.05, 4.69) is 39.7 Å². The number of nitrogens with zero attached hydrogens (tertiary/aromatic N) is 3. The van der Waals surface area contributed by atoms with Crippen LogP contribution in [0.2, 0.25) is 5.02 Å². The van der Waals surface area contributed by atoms with Gasteiger partial charge in [0.2, 0.25) is 0 Å². The Morgan fingerprint density at radius 3 is 2.42 bits per heavy atom. The Hall–Kier alpha value is -3.55. The number of benzene rings is 2. The molecule has 1 N–H and O–H groups in total. The Labute approximate surface area is 221 Å². The van der Waals surface area contributed by atoms with Gasteiger partial charge in [0.15, 0.2) is 5.11 Å². The highest BCUT2D eigenvalue weighted by Crippen LogP contribution is 2.46. The van der Waals surface area contributed by atoms with Crippen LogP contribution in [0.5, 0.6) is 11.5 Å². The molecule has 1 saturated heterocycles. The van der Waals surface area contributed by atoms with E-state index >= 15 is 0 Å². The molecule has 0 aliphatic carbocycles. The number of hydrogen-bond donors (Lipinski definition) is 1. The van der Waals surface area contributed by atoms with Crippen molar-refractivity contribution in [3.05, 3.63) is 101 Å². The number of ether oxygens (including phenoxy) is 2. The largest absolute Gasteiger partial charge is 0.497 e. The van der Waals surface area contributed by atoms with Crippen LogP contribution in [0.1, 0.15) is 34.7 Å². The van der Waals surface area contributed by atoms with Crippen LogP contribution in [-0.2, 0) is 0 Å². The number of anilines is 1. The molecule has 8 heteroatoms. The second-order valence-corrected chi connectivity index (χ2v) is 9.50. The monoisotopic (exact) mass is 518 g/mol. The highest BCUT2D eigenvalue weighted by atomic mass is 35.5. The second kappa shape index (κ2) is 9.84. The average molecular weight is 519 g/mol. The standard InChI is InChI=1S/C28H27ClN4O2S/c1-17-15-22(18(2)32(17)20-10-8-19(29)9-11-20)27-26(23-7-5-6-14-30-23)31-28(36)33(27)24-13-12-21(34-3)16-25(24)35-4/h5-16,26-27H,1-4H3,(H,31,36)/t26-,27+/m1/s1. The van der Waals surface area contributed by atoms with Gasteiger partial charge in [0.1, 0.15) is 11.5 Å². The number of rotatable bonds is 6. The fourth-order valence-corrected chi connectivity index (χ4v) is 5.45. The summed E-state index contributed by atoms with van der Waals surface area (Å²) in [6, 6.07) is 21.5. The van der Waals surface area contributed by atoms with Gasteiger partial charge in [-0.3, -0.25) is 4.98 Å². The fourth-order valence-electron chi connectivity index (χ4n) is 4.99. The maximum atomic E-state index is 6.16. The third-order valence-corrected chi connectivity index (χ3v) is 7.18. The lowest BCUT2D eigenvalue weighted by Crippen LogP contribution is -2.30. The van der Waals surface area contributed by atoms with Crippen LogP contribution >= 0.6 is 23.8 Å². The first-order valence-electron chi connectivity index (χ1n) is 11.6. The predicted molar refractivity (Wildman–Crippen MR) is 148 cm³/mol. The van der Waals surface area contributed by atoms with Gasteiger partial charge in [-0.2, -0.15) is 0 Å². The van der Waals surface area contributed by atoms with Crippen molar-refractivity contribution in [3.8, 4) is 17.2 Å². The van der Waals surface area contributed by atoms with Crippen LogP contribution in [0.4, 0.5) is 5.69 Å². The van der Waals surface area contributed by atoms with Crippen molar-refractivity contribution in [1.29, 1.82) is 0 Å². The lowest BCUT2D eigenvalue weighted by Gasteiger charge is -2.29. The van der Waals surface area contributed by atoms with Crippen molar-refractivity contribution < 1.29 is 9.47 Å². The molecule has 2 aromatic heterocycles. The number of nitrogens with one attached hydrogen (secondary N) is 1. The number of aryl methyl sites for hydroxylation is 1. The molecule has 0 bridgehead atoms. The normalized spacial score (nSPS) is 17.2. The molecule has 0 unspecified atom stereocenters. The first-order chi connectivity index (χ1) is 17.4. The minimum absolute atomic E-state index is 0.162. The highest BCUT2D eigenvalue weighted by Gasteiger charge is 2.43. The highest BCUT2D eigenvalue weighted by molar-refractivity contribution is 7.80. The van der Waals surface area contributed by atoms with E-state index in [1.807, 2.05) is 66.9 Å². The Balaban J connectivity index is 1.69. The fraction of sp³-hybridized carbons (Fsp3) is 0.214. The number of hydrogen-bond acceptors (Lipinski definition) is 4. The zero-order valence-electron chi connectivity index (χ0n) is 20.5. The minimum Gasteiger partial charge on any atom is -0.497 e. The van der Waals surface area contributed by atoms with Crippen molar-refractivity contribution in [2.45, 2.75) is 25.9 Å². The Bertz CT molecular complexity index is 1410. The molecule has 0 saturated carbocycles. The third-order valence-electron chi connectivity index (χ3n) is 6.62. The third kappa shape index (κ3) is 4.18. The number of pyridine rings is 1. The van der Waals surface area contributed by atoms with Crippen molar-refractivity contribution in [1.82, 2.24) is 14.9 Å². The van der Waals surface area contributed by atoms with E-state index in [1.165, 1.54) is 0 Å². The molecule has 184 valence electrons. The molecule has 6 nitrogen and oxygen atoms in total. The predicted octanol–water partition coefficient (Wildman–Crippen LogP) is 6.34. The first kappa shape index (κ1) is 24.2. The van der Waals surface area contributed by atoms with Gasteiger partial charge in [-0.15, -0.1) is 0 Å². The van der Waals surface area contributed by atoms with Crippen LogP contribution in [0.25, 0.3) is 5.69 Å². The topological polar surface area (TPSA) is 51.5 Å². The molecular formula is C28H27ClN4O2S. The molecule has 1 aliphatic heterocycles. The zero-order chi connectivity index (χ0) is 25.4. The molecule has 0 amide bonds. The minimum atomic E-state index is -0.165. The van der Waals surface area contributed by atoms with E-state index in [9.17, 15) is 0 Å². The Morgan fingerprint density at radius 1 is 0.972 bits per heavy atom. The summed E-state index contributed by atoms with van der Waals surface area (Å²) in [7, 11) is 3.30. The van der Waals surface area contributed by atoms with Gasteiger partial charge in [0.05, 0.1) is 37.7 Å². The molecule has 4 aromatic rings. The number of methoxy groups -OCH3 is 2. The maximum Gasteiger partial charge on any atom is 0.174 e. The van der Waals surface area contributed by atoms with Gasteiger partial charge in [-0.05, 0) is 86.2 Å². The van der Waals surface area contributed by atoms with Crippen molar-refractivity contribution in [3.63, 3.8) is 0 Å². The maximum absolute atomic E-state index is 6.16. The van der Waals surface area contributed by atoms with Gasteiger partial charge in [0.25, 0.3) is 0 Å². The van der Waals surface area contributed by atoms with Gasteiger partial charge in [-0.25, -0.2) is 0 Å². The molecule has 0 spiro atoms. The summed E-state index contributed by atoms with van der Waals surface area (Å²) in [5, 5.41) is 4.85. The van der Waals surface area contributed by atoms with Crippen molar-refractivity contribution in [2.75, 3.05) is 19.1 Å². The van der Waals surface area contributed by atoms with E-state index < -0.39 is 0 Å². The molecule has 3 heterocycles.